The van der Waals surface area contributed by atoms with E-state index in [2.05, 4.69) is 10.3 Å². The molecule has 0 fully saturated rings. The highest BCUT2D eigenvalue weighted by Crippen LogP contribution is 2.20. The molecule has 7 heteroatoms. The Labute approximate surface area is 154 Å². The Morgan fingerprint density at radius 2 is 2.08 bits per heavy atom. The van der Waals surface area contributed by atoms with E-state index in [4.69, 9.17) is 11.6 Å². The van der Waals surface area contributed by atoms with Crippen molar-refractivity contribution in [3.63, 3.8) is 0 Å². The highest BCUT2D eigenvalue weighted by molar-refractivity contribution is 6.31. The first-order valence-electron chi connectivity index (χ1n) is 8.18. The first-order valence-corrected chi connectivity index (χ1v) is 8.55. The molecular formula is C19H17ClFN3O2. The fourth-order valence-electron chi connectivity index (χ4n) is 2.72. The number of aromatic nitrogens is 2. The highest BCUT2D eigenvalue weighted by Gasteiger charge is 2.17. The third kappa shape index (κ3) is 3.46. The van der Waals surface area contributed by atoms with Gasteiger partial charge in [0.25, 0.3) is 5.91 Å². The lowest BCUT2D eigenvalue weighted by molar-refractivity contribution is 0.102. The molecule has 1 amide bonds. The van der Waals surface area contributed by atoms with Crippen molar-refractivity contribution >= 4 is 34.2 Å². The van der Waals surface area contributed by atoms with E-state index in [0.717, 1.165) is 18.2 Å². The van der Waals surface area contributed by atoms with Crippen molar-refractivity contribution in [2.75, 3.05) is 5.32 Å². The van der Waals surface area contributed by atoms with Gasteiger partial charge in [0.15, 0.2) is 0 Å². The maximum atomic E-state index is 13.9. The van der Waals surface area contributed by atoms with E-state index in [-0.39, 0.29) is 16.3 Å². The van der Waals surface area contributed by atoms with E-state index in [1.807, 2.05) is 13.8 Å². The number of anilines is 1. The Bertz CT molecular complexity index is 1060. The average Bonchev–Trinajstić information content (AvgIpc) is 2.60. The molecule has 1 N–H and O–H groups in total. The summed E-state index contributed by atoms with van der Waals surface area (Å²) in [5.41, 5.74) is 0.712. The van der Waals surface area contributed by atoms with Gasteiger partial charge in [-0.05, 0) is 43.7 Å². The molecule has 0 aliphatic heterocycles. The van der Waals surface area contributed by atoms with Crippen LogP contribution in [0.2, 0.25) is 5.02 Å². The summed E-state index contributed by atoms with van der Waals surface area (Å²) in [4.78, 5) is 29.8. The zero-order valence-corrected chi connectivity index (χ0v) is 15.1. The molecular weight excluding hydrogens is 357 g/mol. The molecule has 2 heterocycles. The predicted octanol–water partition coefficient (Wildman–Crippen LogP) is 4.16. The summed E-state index contributed by atoms with van der Waals surface area (Å²) in [6.45, 7) is 4.42. The van der Waals surface area contributed by atoms with Crippen LogP contribution in [0.1, 0.15) is 29.4 Å². The topological polar surface area (TPSA) is 64.0 Å². The van der Waals surface area contributed by atoms with E-state index >= 15 is 0 Å². The van der Waals surface area contributed by atoms with Crippen LogP contribution < -0.4 is 10.7 Å². The Kier molecular flexibility index (Phi) is 5.04. The molecule has 0 saturated heterocycles. The number of carbonyl (C=O) groups is 1. The summed E-state index contributed by atoms with van der Waals surface area (Å²) in [6.07, 6.45) is 2.27. The molecule has 5 nitrogen and oxygen atoms in total. The number of hydrogen-bond acceptors (Lipinski definition) is 3. The summed E-state index contributed by atoms with van der Waals surface area (Å²) >= 11 is 5.84. The number of halogens is 2. The van der Waals surface area contributed by atoms with Crippen LogP contribution in [0.3, 0.4) is 0 Å². The van der Waals surface area contributed by atoms with Gasteiger partial charge < -0.3 is 9.88 Å². The van der Waals surface area contributed by atoms with Crippen molar-refractivity contribution < 1.29 is 9.18 Å². The number of amides is 1. The minimum Gasteiger partial charge on any atom is -0.331 e. The fourth-order valence-corrected chi connectivity index (χ4v) is 2.89. The zero-order valence-electron chi connectivity index (χ0n) is 14.3. The largest absolute Gasteiger partial charge is 0.331 e. The second-order valence-corrected chi connectivity index (χ2v) is 6.40. The quantitative estimate of drug-likeness (QED) is 0.746. The van der Waals surface area contributed by atoms with Crippen molar-refractivity contribution in [3.05, 3.63) is 68.8 Å². The van der Waals surface area contributed by atoms with Crippen LogP contribution in [0, 0.1) is 12.7 Å². The number of benzene rings is 1. The van der Waals surface area contributed by atoms with Crippen LogP contribution in [0.15, 0.2) is 41.3 Å². The smallest absolute Gasteiger partial charge is 0.261 e. The molecule has 0 aliphatic carbocycles. The predicted molar refractivity (Wildman–Crippen MR) is 100 cm³/mol. The van der Waals surface area contributed by atoms with Crippen LogP contribution in [0.4, 0.5) is 10.1 Å². The monoisotopic (exact) mass is 373 g/mol. The van der Waals surface area contributed by atoms with E-state index in [1.54, 1.807) is 16.7 Å². The number of pyridine rings is 2. The minimum atomic E-state index is -0.691. The Hall–Kier alpha value is -2.73. The maximum Gasteiger partial charge on any atom is 0.261 e. The van der Waals surface area contributed by atoms with Crippen molar-refractivity contribution in [2.24, 2.45) is 0 Å². The molecule has 0 saturated carbocycles. The van der Waals surface area contributed by atoms with Gasteiger partial charge in [0.05, 0.1) is 11.1 Å². The van der Waals surface area contributed by atoms with Crippen molar-refractivity contribution in [2.45, 2.75) is 26.8 Å². The number of hydrogen-bond donors (Lipinski definition) is 1. The van der Waals surface area contributed by atoms with E-state index in [1.165, 1.54) is 18.3 Å². The van der Waals surface area contributed by atoms with Gasteiger partial charge in [-0.25, -0.2) is 9.37 Å². The van der Waals surface area contributed by atoms with Gasteiger partial charge in [-0.2, -0.15) is 0 Å². The SMILES string of the molecule is CCCn1cc(C(=O)Nc2cc(Cl)ccc2F)c(=O)c2ccc(C)nc21. The van der Waals surface area contributed by atoms with Crippen molar-refractivity contribution in [1.82, 2.24) is 9.55 Å². The molecule has 2 aromatic heterocycles. The van der Waals surface area contributed by atoms with Crippen LogP contribution in [0.5, 0.6) is 0 Å². The summed E-state index contributed by atoms with van der Waals surface area (Å²) in [5.74, 6) is -1.32. The van der Waals surface area contributed by atoms with Gasteiger partial charge in [0.2, 0.25) is 5.43 Å². The lowest BCUT2D eigenvalue weighted by Crippen LogP contribution is -2.24. The number of nitrogens with one attached hydrogen (secondary N) is 1. The van der Waals surface area contributed by atoms with E-state index in [0.29, 0.717) is 17.6 Å². The van der Waals surface area contributed by atoms with Gasteiger partial charge >= 0.3 is 0 Å². The molecule has 3 aromatic rings. The van der Waals surface area contributed by atoms with Gasteiger partial charge in [0, 0.05) is 23.5 Å². The Morgan fingerprint density at radius 1 is 1.31 bits per heavy atom. The summed E-state index contributed by atoms with van der Waals surface area (Å²) in [7, 11) is 0. The Balaban J connectivity index is 2.10. The normalized spacial score (nSPS) is 10.9. The molecule has 0 radical (unpaired) electrons. The molecule has 0 unspecified atom stereocenters. The first kappa shape index (κ1) is 18.1. The van der Waals surface area contributed by atoms with Crippen molar-refractivity contribution in [1.29, 1.82) is 0 Å². The zero-order chi connectivity index (χ0) is 18.8. The molecule has 0 aliphatic rings. The lowest BCUT2D eigenvalue weighted by Gasteiger charge is -2.13. The van der Waals surface area contributed by atoms with Gasteiger partial charge in [-0.15, -0.1) is 0 Å². The van der Waals surface area contributed by atoms with E-state index < -0.39 is 17.2 Å². The Morgan fingerprint density at radius 3 is 2.81 bits per heavy atom. The molecule has 0 atom stereocenters. The van der Waals surface area contributed by atoms with Crippen LogP contribution in [-0.4, -0.2) is 15.5 Å². The number of rotatable bonds is 4. The highest BCUT2D eigenvalue weighted by atomic mass is 35.5. The number of carbonyl (C=O) groups excluding carboxylic acids is 1. The second-order valence-electron chi connectivity index (χ2n) is 5.97. The summed E-state index contributed by atoms with van der Waals surface area (Å²) in [6, 6.07) is 7.21. The molecule has 0 spiro atoms. The van der Waals surface area contributed by atoms with Gasteiger partial charge in [0.1, 0.15) is 17.0 Å². The summed E-state index contributed by atoms with van der Waals surface area (Å²) in [5, 5.41) is 3.05. The number of aryl methyl sites for hydroxylation is 2. The van der Waals surface area contributed by atoms with E-state index in [9.17, 15) is 14.0 Å². The first-order chi connectivity index (χ1) is 12.4. The van der Waals surface area contributed by atoms with Crippen LogP contribution in [0.25, 0.3) is 11.0 Å². The number of nitrogens with zero attached hydrogens (tertiary/aromatic N) is 2. The third-order valence-electron chi connectivity index (χ3n) is 3.95. The van der Waals surface area contributed by atoms with Gasteiger partial charge in [-0.3, -0.25) is 9.59 Å². The van der Waals surface area contributed by atoms with Crippen LogP contribution >= 0.6 is 11.6 Å². The molecule has 1 aromatic carbocycles. The minimum absolute atomic E-state index is 0.0732. The maximum absolute atomic E-state index is 13.9. The van der Waals surface area contributed by atoms with Crippen LogP contribution in [-0.2, 0) is 6.54 Å². The summed E-state index contributed by atoms with van der Waals surface area (Å²) < 4.78 is 15.6. The fraction of sp³-hybridized carbons (Fsp3) is 0.211. The molecule has 0 bridgehead atoms. The van der Waals surface area contributed by atoms with Gasteiger partial charge in [-0.1, -0.05) is 18.5 Å². The number of fused-ring (bicyclic) bond motifs is 1. The van der Waals surface area contributed by atoms with Crippen molar-refractivity contribution in [3.8, 4) is 0 Å². The average molecular weight is 374 g/mol. The molecule has 134 valence electrons. The molecule has 26 heavy (non-hydrogen) atoms. The second kappa shape index (κ2) is 7.25. The lowest BCUT2D eigenvalue weighted by atomic mass is 10.1. The molecule has 3 rings (SSSR count). The third-order valence-corrected chi connectivity index (χ3v) is 4.18. The standard InChI is InChI=1S/C19H17ClFN3O2/c1-3-8-24-10-14(17(25)13-6-4-11(2)22-18(13)24)19(26)23-16-9-12(20)5-7-15(16)21/h4-7,9-10H,3,8H2,1-2H3,(H,23,26).